The average Bonchev–Trinajstić information content (AvgIpc) is 2.82. The summed E-state index contributed by atoms with van der Waals surface area (Å²) in [7, 11) is 0. The van der Waals surface area contributed by atoms with E-state index < -0.39 is 11.6 Å². The van der Waals surface area contributed by atoms with E-state index >= 15 is 0 Å². The minimum absolute atomic E-state index is 0.181. The third-order valence-electron chi connectivity index (χ3n) is 2.73. The highest BCUT2D eigenvalue weighted by Gasteiger charge is 2.64. The molecule has 1 aromatic carbocycles. The van der Waals surface area contributed by atoms with E-state index in [0.29, 0.717) is 11.3 Å². The van der Waals surface area contributed by atoms with E-state index in [0.717, 1.165) is 0 Å². The highest BCUT2D eigenvalue weighted by atomic mass is 19.4. The molecule has 0 unspecified atom stereocenters. The summed E-state index contributed by atoms with van der Waals surface area (Å²) in [5.74, 6) is 0. The molecule has 1 aliphatic carbocycles. The molecule has 0 spiro atoms. The summed E-state index contributed by atoms with van der Waals surface area (Å²) in [6.45, 7) is 0. The van der Waals surface area contributed by atoms with E-state index in [1.807, 2.05) is 0 Å². The Hall–Kier alpha value is -1.19. The molecule has 2 rings (SSSR count). The van der Waals surface area contributed by atoms with Crippen molar-refractivity contribution in [1.82, 2.24) is 0 Å². The number of benzene rings is 1. The van der Waals surface area contributed by atoms with Crippen LogP contribution in [0.4, 0.5) is 18.9 Å². The summed E-state index contributed by atoms with van der Waals surface area (Å²) < 4.78 is 38.0. The van der Waals surface area contributed by atoms with Crippen LogP contribution in [0.25, 0.3) is 0 Å². The zero-order valence-corrected chi connectivity index (χ0v) is 7.43. The number of anilines is 1. The molecule has 1 nitrogen and oxygen atoms in total. The Morgan fingerprint density at radius 2 is 1.86 bits per heavy atom. The first-order chi connectivity index (χ1) is 6.46. The van der Waals surface area contributed by atoms with Gasteiger partial charge in [-0.3, -0.25) is 0 Å². The Kier molecular flexibility index (Phi) is 1.77. The lowest BCUT2D eigenvalue weighted by Crippen LogP contribution is -2.28. The van der Waals surface area contributed by atoms with Gasteiger partial charge in [-0.05, 0) is 30.5 Å². The van der Waals surface area contributed by atoms with E-state index in [-0.39, 0.29) is 12.8 Å². The molecule has 0 amide bonds. The van der Waals surface area contributed by atoms with Crippen molar-refractivity contribution < 1.29 is 13.2 Å². The van der Waals surface area contributed by atoms with Crippen LogP contribution in [0.2, 0.25) is 0 Å². The van der Waals surface area contributed by atoms with Crippen molar-refractivity contribution in [3.05, 3.63) is 29.8 Å². The Morgan fingerprint density at radius 3 is 2.29 bits per heavy atom. The predicted octanol–water partition coefficient (Wildman–Crippen LogP) is 2.86. The largest absolute Gasteiger partial charge is 0.399 e. The summed E-state index contributed by atoms with van der Waals surface area (Å²) in [4.78, 5) is 0. The molecule has 1 fully saturated rings. The Morgan fingerprint density at radius 1 is 1.21 bits per heavy atom. The van der Waals surface area contributed by atoms with Crippen LogP contribution in [-0.4, -0.2) is 6.18 Å². The topological polar surface area (TPSA) is 26.0 Å². The Bertz CT molecular complexity index is 353. The van der Waals surface area contributed by atoms with Gasteiger partial charge in [0.1, 0.15) is 0 Å². The molecule has 2 N–H and O–H groups in total. The maximum Gasteiger partial charge on any atom is 0.398 e. The minimum atomic E-state index is -4.15. The first kappa shape index (κ1) is 9.37. The van der Waals surface area contributed by atoms with Crippen LogP contribution in [0, 0.1) is 0 Å². The van der Waals surface area contributed by atoms with Crippen molar-refractivity contribution in [3.63, 3.8) is 0 Å². The van der Waals surface area contributed by atoms with Gasteiger partial charge in [-0.25, -0.2) is 0 Å². The predicted molar refractivity (Wildman–Crippen MR) is 47.8 cm³/mol. The van der Waals surface area contributed by atoms with Crippen LogP contribution in [0.1, 0.15) is 18.4 Å². The molecule has 14 heavy (non-hydrogen) atoms. The Labute approximate surface area is 79.7 Å². The van der Waals surface area contributed by atoms with Gasteiger partial charge in [0.2, 0.25) is 0 Å². The molecular formula is C10H10F3N. The number of nitrogen functional groups attached to an aromatic ring is 1. The molecule has 1 aliphatic rings. The maximum atomic E-state index is 12.7. The molecule has 0 aromatic heterocycles. The van der Waals surface area contributed by atoms with Crippen LogP contribution in [0.15, 0.2) is 24.3 Å². The smallest absolute Gasteiger partial charge is 0.398 e. The van der Waals surface area contributed by atoms with Crippen LogP contribution in [0.3, 0.4) is 0 Å². The third-order valence-corrected chi connectivity index (χ3v) is 2.73. The molecule has 1 saturated carbocycles. The number of halogens is 3. The van der Waals surface area contributed by atoms with Gasteiger partial charge in [0, 0.05) is 5.69 Å². The van der Waals surface area contributed by atoms with E-state index in [9.17, 15) is 13.2 Å². The fraction of sp³-hybridized carbons (Fsp3) is 0.400. The van der Waals surface area contributed by atoms with Gasteiger partial charge in [0.05, 0.1) is 5.41 Å². The maximum absolute atomic E-state index is 12.7. The standard InChI is InChI=1S/C10H10F3N/c11-10(12,13)9(4-5-9)7-2-1-3-8(14)6-7/h1-3,6H,4-5,14H2. The van der Waals surface area contributed by atoms with Crippen molar-refractivity contribution in [1.29, 1.82) is 0 Å². The number of alkyl halides is 3. The molecule has 0 atom stereocenters. The highest BCUT2D eigenvalue weighted by molar-refractivity contribution is 5.46. The van der Waals surface area contributed by atoms with Gasteiger partial charge in [-0.2, -0.15) is 13.2 Å². The second kappa shape index (κ2) is 2.65. The second-order valence-electron chi connectivity index (χ2n) is 3.71. The number of hydrogen-bond acceptors (Lipinski definition) is 1. The lowest BCUT2D eigenvalue weighted by Gasteiger charge is -2.19. The number of rotatable bonds is 1. The summed E-state index contributed by atoms with van der Waals surface area (Å²) in [5.41, 5.74) is 4.53. The fourth-order valence-electron chi connectivity index (χ4n) is 1.70. The van der Waals surface area contributed by atoms with Crippen molar-refractivity contribution >= 4 is 5.69 Å². The van der Waals surface area contributed by atoms with Crippen LogP contribution in [0.5, 0.6) is 0 Å². The fourth-order valence-corrected chi connectivity index (χ4v) is 1.70. The molecule has 76 valence electrons. The summed E-state index contributed by atoms with van der Waals surface area (Å²) in [6.07, 6.45) is -3.79. The van der Waals surface area contributed by atoms with Gasteiger partial charge in [-0.15, -0.1) is 0 Å². The second-order valence-corrected chi connectivity index (χ2v) is 3.71. The van der Waals surface area contributed by atoms with Gasteiger partial charge in [0.25, 0.3) is 0 Å². The van der Waals surface area contributed by atoms with Crippen molar-refractivity contribution in [2.24, 2.45) is 0 Å². The Balaban J connectivity index is 2.41. The molecule has 4 heteroatoms. The molecule has 0 saturated heterocycles. The van der Waals surface area contributed by atoms with Crippen molar-refractivity contribution in [2.45, 2.75) is 24.4 Å². The van der Waals surface area contributed by atoms with Crippen LogP contribution < -0.4 is 5.73 Å². The quantitative estimate of drug-likeness (QED) is 0.694. The normalized spacial score (nSPS) is 19.4. The molecule has 0 bridgehead atoms. The number of nitrogens with two attached hydrogens (primary N) is 1. The van der Waals surface area contributed by atoms with E-state index in [4.69, 9.17) is 5.73 Å². The zero-order chi connectivity index (χ0) is 10.4. The molecular weight excluding hydrogens is 191 g/mol. The third kappa shape index (κ3) is 1.25. The van der Waals surface area contributed by atoms with Gasteiger partial charge < -0.3 is 5.73 Å². The molecule has 0 heterocycles. The zero-order valence-electron chi connectivity index (χ0n) is 7.43. The lowest BCUT2D eigenvalue weighted by molar-refractivity contribution is -0.160. The summed E-state index contributed by atoms with van der Waals surface area (Å²) in [5, 5.41) is 0. The van der Waals surface area contributed by atoms with Crippen molar-refractivity contribution in [2.75, 3.05) is 5.73 Å². The molecule has 0 aliphatic heterocycles. The van der Waals surface area contributed by atoms with Gasteiger partial charge >= 0.3 is 6.18 Å². The first-order valence-electron chi connectivity index (χ1n) is 4.38. The van der Waals surface area contributed by atoms with Crippen LogP contribution >= 0.6 is 0 Å². The highest BCUT2D eigenvalue weighted by Crippen LogP contribution is 2.58. The lowest BCUT2D eigenvalue weighted by atomic mass is 9.95. The average molecular weight is 201 g/mol. The molecule has 0 radical (unpaired) electrons. The first-order valence-corrected chi connectivity index (χ1v) is 4.38. The summed E-state index contributed by atoms with van der Waals surface area (Å²) in [6, 6.07) is 6.07. The van der Waals surface area contributed by atoms with Crippen LogP contribution in [-0.2, 0) is 5.41 Å². The summed E-state index contributed by atoms with van der Waals surface area (Å²) >= 11 is 0. The van der Waals surface area contributed by atoms with E-state index in [1.165, 1.54) is 12.1 Å². The van der Waals surface area contributed by atoms with Gasteiger partial charge in [-0.1, -0.05) is 12.1 Å². The van der Waals surface area contributed by atoms with E-state index in [1.54, 1.807) is 12.1 Å². The SMILES string of the molecule is Nc1cccc(C2(C(F)(F)F)CC2)c1. The van der Waals surface area contributed by atoms with E-state index in [2.05, 4.69) is 0 Å². The number of hydrogen-bond donors (Lipinski definition) is 1. The molecule has 1 aromatic rings. The van der Waals surface area contributed by atoms with Gasteiger partial charge in [0.15, 0.2) is 0 Å². The monoisotopic (exact) mass is 201 g/mol. The minimum Gasteiger partial charge on any atom is -0.399 e. The van der Waals surface area contributed by atoms with Crippen molar-refractivity contribution in [3.8, 4) is 0 Å².